The number of pyridine rings is 1. The number of carbonyl (C=O) groups excluding carboxylic acids is 1. The quantitative estimate of drug-likeness (QED) is 0.641. The van der Waals surface area contributed by atoms with Crippen LogP contribution in [0.5, 0.6) is 0 Å². The highest BCUT2D eigenvalue weighted by Gasteiger charge is 2.30. The Balaban J connectivity index is 1.38. The molecule has 2 aromatic rings. The van der Waals surface area contributed by atoms with Crippen molar-refractivity contribution in [1.82, 2.24) is 14.2 Å². The summed E-state index contributed by atoms with van der Waals surface area (Å²) in [5, 5.41) is 10.2. The minimum Gasteiger partial charge on any atom is -0.339 e. The van der Waals surface area contributed by atoms with Crippen molar-refractivity contribution in [2.45, 2.75) is 36.1 Å². The summed E-state index contributed by atoms with van der Waals surface area (Å²) in [6, 6.07) is 10.6. The van der Waals surface area contributed by atoms with Gasteiger partial charge in [-0.2, -0.15) is 9.57 Å². The first-order chi connectivity index (χ1) is 14.9. The molecule has 0 bridgehead atoms. The number of rotatable bonds is 5. The summed E-state index contributed by atoms with van der Waals surface area (Å²) in [4.78, 5) is 19.4. The summed E-state index contributed by atoms with van der Waals surface area (Å²) in [6.45, 7) is 3.21. The fourth-order valence-electron chi connectivity index (χ4n) is 4.12. The van der Waals surface area contributed by atoms with Gasteiger partial charge in [0.25, 0.3) is 0 Å². The van der Waals surface area contributed by atoms with E-state index < -0.39 is 10.0 Å². The van der Waals surface area contributed by atoms with E-state index in [-0.39, 0.29) is 29.6 Å². The van der Waals surface area contributed by atoms with Gasteiger partial charge in [-0.15, -0.1) is 0 Å². The molecule has 0 spiro atoms. The van der Waals surface area contributed by atoms with Gasteiger partial charge in [0.2, 0.25) is 15.9 Å². The van der Waals surface area contributed by atoms with E-state index in [9.17, 15) is 18.5 Å². The standard InChI is InChI=1S/C22H24N4O3S2/c1-16-18-8-5-9-20(18)24-22(19(16)14-23)30-15-21(27)25-10-12-26(13-11-25)31(28,29)17-6-3-2-4-7-17/h2-4,6-7H,5,8-13,15H2,1H3. The monoisotopic (exact) mass is 456 g/mol. The third-order valence-corrected chi connectivity index (χ3v) is 8.76. The number of piperazine rings is 1. The zero-order valence-electron chi connectivity index (χ0n) is 17.4. The maximum absolute atomic E-state index is 12.7. The van der Waals surface area contributed by atoms with E-state index in [1.807, 2.05) is 6.92 Å². The summed E-state index contributed by atoms with van der Waals surface area (Å²) in [5.74, 6) is 0.122. The number of aromatic nitrogens is 1. The second-order valence-electron chi connectivity index (χ2n) is 7.69. The van der Waals surface area contributed by atoms with E-state index in [4.69, 9.17) is 0 Å². The number of hydrogen-bond donors (Lipinski definition) is 0. The zero-order valence-corrected chi connectivity index (χ0v) is 19.0. The second kappa shape index (κ2) is 8.99. The molecule has 0 saturated carbocycles. The molecule has 2 aliphatic rings. The summed E-state index contributed by atoms with van der Waals surface area (Å²) >= 11 is 1.30. The van der Waals surface area contributed by atoms with Gasteiger partial charge in [-0.1, -0.05) is 30.0 Å². The second-order valence-corrected chi connectivity index (χ2v) is 10.6. The molecule has 0 unspecified atom stereocenters. The molecule has 7 nitrogen and oxygen atoms in total. The minimum atomic E-state index is -3.54. The first-order valence-corrected chi connectivity index (χ1v) is 12.7. The predicted molar refractivity (Wildman–Crippen MR) is 118 cm³/mol. The molecule has 1 aromatic carbocycles. The molecule has 1 amide bonds. The van der Waals surface area contributed by atoms with Crippen molar-refractivity contribution in [2.24, 2.45) is 0 Å². The van der Waals surface area contributed by atoms with E-state index >= 15 is 0 Å². The van der Waals surface area contributed by atoms with Crippen LogP contribution >= 0.6 is 11.8 Å². The van der Waals surface area contributed by atoms with Crippen molar-refractivity contribution in [1.29, 1.82) is 5.26 Å². The average Bonchev–Trinajstić information content (AvgIpc) is 3.27. The molecule has 4 rings (SSSR count). The first-order valence-electron chi connectivity index (χ1n) is 10.3. The third-order valence-electron chi connectivity index (χ3n) is 5.88. The van der Waals surface area contributed by atoms with Crippen molar-refractivity contribution >= 4 is 27.7 Å². The smallest absolute Gasteiger partial charge is 0.243 e. The van der Waals surface area contributed by atoms with Crippen LogP contribution in [-0.4, -0.2) is 60.4 Å². The number of nitriles is 1. The predicted octanol–water partition coefficient (Wildman–Crippen LogP) is 2.38. The van der Waals surface area contributed by atoms with Gasteiger partial charge in [0.1, 0.15) is 11.1 Å². The van der Waals surface area contributed by atoms with Crippen LogP contribution in [0.2, 0.25) is 0 Å². The zero-order chi connectivity index (χ0) is 22.0. The Morgan fingerprint density at radius 2 is 1.87 bits per heavy atom. The number of nitrogens with zero attached hydrogens (tertiary/aromatic N) is 4. The number of sulfonamides is 1. The molecule has 1 aromatic heterocycles. The molecule has 1 fully saturated rings. The van der Waals surface area contributed by atoms with Crippen LogP contribution in [0, 0.1) is 18.3 Å². The molecular formula is C22H24N4O3S2. The molecule has 0 radical (unpaired) electrons. The largest absolute Gasteiger partial charge is 0.339 e. The van der Waals surface area contributed by atoms with Gasteiger partial charge in [0.05, 0.1) is 16.2 Å². The van der Waals surface area contributed by atoms with Crippen molar-refractivity contribution in [3.63, 3.8) is 0 Å². The van der Waals surface area contributed by atoms with Gasteiger partial charge in [0.15, 0.2) is 0 Å². The molecule has 1 saturated heterocycles. The van der Waals surface area contributed by atoms with E-state index in [1.165, 1.54) is 21.6 Å². The maximum atomic E-state index is 12.7. The van der Waals surface area contributed by atoms with E-state index in [2.05, 4.69) is 11.1 Å². The number of fused-ring (bicyclic) bond motifs is 1. The fourth-order valence-corrected chi connectivity index (χ4v) is 6.53. The number of benzene rings is 1. The van der Waals surface area contributed by atoms with Gasteiger partial charge < -0.3 is 4.90 Å². The highest BCUT2D eigenvalue weighted by atomic mass is 32.2. The maximum Gasteiger partial charge on any atom is 0.243 e. The topological polar surface area (TPSA) is 94.4 Å². The minimum absolute atomic E-state index is 0.0643. The third kappa shape index (κ3) is 4.33. The Labute approximate surface area is 187 Å². The lowest BCUT2D eigenvalue weighted by atomic mass is 10.0. The van der Waals surface area contributed by atoms with Gasteiger partial charge in [-0.3, -0.25) is 4.79 Å². The number of amides is 1. The molecule has 31 heavy (non-hydrogen) atoms. The number of carbonyl (C=O) groups is 1. The summed E-state index contributed by atoms with van der Waals surface area (Å²) in [5.41, 5.74) is 3.78. The van der Waals surface area contributed by atoms with Gasteiger partial charge >= 0.3 is 0 Å². The average molecular weight is 457 g/mol. The Bertz CT molecular complexity index is 1140. The van der Waals surface area contributed by atoms with Crippen LogP contribution in [0.3, 0.4) is 0 Å². The van der Waals surface area contributed by atoms with Crippen LogP contribution < -0.4 is 0 Å². The van der Waals surface area contributed by atoms with Gasteiger partial charge in [-0.25, -0.2) is 13.4 Å². The summed E-state index contributed by atoms with van der Waals surface area (Å²) in [7, 11) is -3.54. The van der Waals surface area contributed by atoms with Crippen molar-refractivity contribution in [3.05, 3.63) is 52.7 Å². The molecular weight excluding hydrogens is 432 g/mol. The highest BCUT2D eigenvalue weighted by Crippen LogP contribution is 2.31. The molecule has 0 N–H and O–H groups in total. The summed E-state index contributed by atoms with van der Waals surface area (Å²) < 4.78 is 26.9. The Kier molecular flexibility index (Phi) is 6.32. The molecule has 1 aliphatic heterocycles. The number of aryl methyl sites for hydroxylation is 1. The molecule has 2 heterocycles. The van der Waals surface area contributed by atoms with Crippen LogP contribution in [0.15, 0.2) is 40.3 Å². The Morgan fingerprint density at radius 3 is 2.55 bits per heavy atom. The van der Waals surface area contributed by atoms with E-state index in [1.54, 1.807) is 35.2 Å². The van der Waals surface area contributed by atoms with Gasteiger partial charge in [0, 0.05) is 31.9 Å². The number of hydrogen-bond acceptors (Lipinski definition) is 6. The van der Waals surface area contributed by atoms with Crippen molar-refractivity contribution in [2.75, 3.05) is 31.9 Å². The first kappa shape index (κ1) is 21.8. The normalized spacial score (nSPS) is 16.7. The Morgan fingerprint density at radius 1 is 1.16 bits per heavy atom. The Hall–Kier alpha value is -2.41. The van der Waals surface area contributed by atoms with Crippen molar-refractivity contribution in [3.8, 4) is 6.07 Å². The van der Waals surface area contributed by atoms with E-state index in [0.717, 1.165) is 30.5 Å². The fraction of sp³-hybridized carbons (Fsp3) is 0.409. The van der Waals surface area contributed by atoms with Gasteiger partial charge in [-0.05, 0) is 49.4 Å². The lowest BCUT2D eigenvalue weighted by Crippen LogP contribution is -2.50. The van der Waals surface area contributed by atoms with Crippen LogP contribution in [-0.2, 0) is 27.7 Å². The van der Waals surface area contributed by atoms with Crippen LogP contribution in [0.1, 0.15) is 28.8 Å². The molecule has 1 aliphatic carbocycles. The van der Waals surface area contributed by atoms with Crippen molar-refractivity contribution < 1.29 is 13.2 Å². The molecule has 162 valence electrons. The lowest BCUT2D eigenvalue weighted by molar-refractivity contribution is -0.129. The SMILES string of the molecule is Cc1c(C#N)c(SCC(=O)N2CCN(S(=O)(=O)c3ccccc3)CC2)nc2c1CCC2. The van der Waals surface area contributed by atoms with Crippen LogP contribution in [0.25, 0.3) is 0 Å². The summed E-state index contributed by atoms with van der Waals surface area (Å²) in [6.07, 6.45) is 2.93. The van der Waals surface area contributed by atoms with Crippen LogP contribution in [0.4, 0.5) is 0 Å². The van der Waals surface area contributed by atoms with E-state index in [0.29, 0.717) is 23.7 Å². The number of thioether (sulfide) groups is 1. The molecule has 0 atom stereocenters. The lowest BCUT2D eigenvalue weighted by Gasteiger charge is -2.34. The highest BCUT2D eigenvalue weighted by molar-refractivity contribution is 8.00. The molecule has 9 heteroatoms.